The molecule has 5 nitrogen and oxygen atoms in total. The molecule has 0 N–H and O–H groups in total. The maximum atomic E-state index is 12.1. The lowest BCUT2D eigenvalue weighted by atomic mass is 10.2. The molecule has 0 amide bonds. The Balaban J connectivity index is 1.71. The molecular weight excluding hydrogens is 278 g/mol. The van der Waals surface area contributed by atoms with E-state index in [1.165, 1.54) is 0 Å². The maximum absolute atomic E-state index is 12.1. The lowest BCUT2D eigenvalue weighted by Gasteiger charge is -2.35. The summed E-state index contributed by atoms with van der Waals surface area (Å²) in [6, 6.07) is 5.87. The molecule has 1 aromatic heterocycles. The predicted molar refractivity (Wildman–Crippen MR) is 88.1 cm³/mol. The van der Waals surface area contributed by atoms with Gasteiger partial charge in [-0.2, -0.15) is 0 Å². The fourth-order valence-corrected chi connectivity index (χ4v) is 3.14. The largest absolute Gasteiger partial charge is 0.421 e. The third-order valence-electron chi connectivity index (χ3n) is 4.25. The van der Waals surface area contributed by atoms with Crippen LogP contribution in [-0.2, 0) is 6.67 Å². The number of nitrogens with zero attached hydrogens (tertiary/aromatic N) is 3. The van der Waals surface area contributed by atoms with Crippen LogP contribution >= 0.6 is 0 Å². The molecule has 2 aromatic rings. The zero-order valence-corrected chi connectivity index (χ0v) is 13.7. The Hall–Kier alpha value is -1.59. The van der Waals surface area contributed by atoms with E-state index in [0.717, 1.165) is 43.8 Å². The van der Waals surface area contributed by atoms with Crippen molar-refractivity contribution in [3.63, 3.8) is 0 Å². The molecule has 0 aliphatic carbocycles. The standard InChI is InChI=1S/C17H25N3O2/c1-13(2)11-18-6-8-19(9-7-18)12-20-15-10-14(3)4-5-16(15)22-17(20)21/h4-5,10,13H,6-9,11-12H2,1-3H3. The van der Waals surface area contributed by atoms with Crippen LogP contribution in [0.4, 0.5) is 0 Å². The van der Waals surface area contributed by atoms with E-state index < -0.39 is 0 Å². The van der Waals surface area contributed by atoms with Crippen molar-refractivity contribution in [3.05, 3.63) is 34.3 Å². The van der Waals surface area contributed by atoms with Crippen molar-refractivity contribution in [2.75, 3.05) is 32.7 Å². The Morgan fingerprint density at radius 1 is 1.14 bits per heavy atom. The molecule has 1 saturated heterocycles. The van der Waals surface area contributed by atoms with Crippen molar-refractivity contribution in [2.45, 2.75) is 27.4 Å². The van der Waals surface area contributed by atoms with Gasteiger partial charge in [0.25, 0.3) is 0 Å². The molecule has 0 radical (unpaired) electrons. The van der Waals surface area contributed by atoms with Gasteiger partial charge in [0.05, 0.1) is 12.2 Å². The fourth-order valence-electron chi connectivity index (χ4n) is 3.14. The summed E-state index contributed by atoms with van der Waals surface area (Å²) in [4.78, 5) is 16.9. The highest BCUT2D eigenvalue weighted by molar-refractivity contribution is 5.73. The van der Waals surface area contributed by atoms with Gasteiger partial charge in [0.1, 0.15) is 0 Å². The number of fused-ring (bicyclic) bond motifs is 1. The number of benzene rings is 1. The number of aryl methyl sites for hydroxylation is 1. The number of rotatable bonds is 4. The first kappa shape index (κ1) is 15.3. The number of aromatic nitrogens is 1. The Morgan fingerprint density at radius 2 is 1.82 bits per heavy atom. The van der Waals surface area contributed by atoms with Crippen LogP contribution in [0.1, 0.15) is 19.4 Å². The average Bonchev–Trinajstić information content (AvgIpc) is 2.76. The molecule has 1 aliphatic rings. The van der Waals surface area contributed by atoms with Gasteiger partial charge in [-0.3, -0.25) is 9.47 Å². The molecule has 0 spiro atoms. The van der Waals surface area contributed by atoms with Gasteiger partial charge in [0.15, 0.2) is 5.58 Å². The molecule has 0 bridgehead atoms. The SMILES string of the molecule is Cc1ccc2oc(=O)n(CN3CCN(CC(C)C)CC3)c2c1. The Labute approximate surface area is 131 Å². The topological polar surface area (TPSA) is 41.6 Å². The van der Waals surface area contributed by atoms with Crippen molar-refractivity contribution in [1.29, 1.82) is 0 Å². The number of piperazine rings is 1. The minimum atomic E-state index is -0.259. The first-order valence-corrected chi connectivity index (χ1v) is 8.07. The number of oxazole rings is 1. The van der Waals surface area contributed by atoms with Crippen molar-refractivity contribution < 1.29 is 4.42 Å². The van der Waals surface area contributed by atoms with E-state index in [9.17, 15) is 4.79 Å². The molecule has 1 aromatic carbocycles. The van der Waals surface area contributed by atoms with Crippen molar-refractivity contribution >= 4 is 11.1 Å². The van der Waals surface area contributed by atoms with Crippen LogP contribution < -0.4 is 5.76 Å². The minimum absolute atomic E-state index is 0.259. The maximum Gasteiger partial charge on any atom is 0.421 e. The lowest BCUT2D eigenvalue weighted by molar-refractivity contribution is 0.0985. The fraction of sp³-hybridized carbons (Fsp3) is 0.588. The van der Waals surface area contributed by atoms with Gasteiger partial charge in [-0.25, -0.2) is 4.79 Å². The van der Waals surface area contributed by atoms with Crippen LogP contribution in [-0.4, -0.2) is 47.1 Å². The summed E-state index contributed by atoms with van der Waals surface area (Å²) >= 11 is 0. The molecular formula is C17H25N3O2. The molecule has 120 valence electrons. The highest BCUT2D eigenvalue weighted by Crippen LogP contribution is 2.15. The second kappa shape index (κ2) is 6.26. The van der Waals surface area contributed by atoms with E-state index in [4.69, 9.17) is 4.42 Å². The van der Waals surface area contributed by atoms with Gasteiger partial charge >= 0.3 is 5.76 Å². The highest BCUT2D eigenvalue weighted by atomic mass is 16.4. The average molecular weight is 303 g/mol. The molecule has 1 fully saturated rings. The minimum Gasteiger partial charge on any atom is -0.408 e. The molecule has 0 atom stereocenters. The number of hydrogen-bond acceptors (Lipinski definition) is 4. The first-order valence-electron chi connectivity index (χ1n) is 8.07. The van der Waals surface area contributed by atoms with Crippen LogP contribution in [0.2, 0.25) is 0 Å². The second-order valence-corrected chi connectivity index (χ2v) is 6.72. The summed E-state index contributed by atoms with van der Waals surface area (Å²) in [6.07, 6.45) is 0. The van der Waals surface area contributed by atoms with Gasteiger partial charge in [-0.1, -0.05) is 19.9 Å². The van der Waals surface area contributed by atoms with E-state index in [2.05, 4.69) is 23.6 Å². The summed E-state index contributed by atoms with van der Waals surface area (Å²) < 4.78 is 7.09. The Bertz CT molecular complexity index is 693. The van der Waals surface area contributed by atoms with E-state index in [-0.39, 0.29) is 5.76 Å². The molecule has 3 rings (SSSR count). The third-order valence-corrected chi connectivity index (χ3v) is 4.25. The normalized spacial score (nSPS) is 17.6. The van der Waals surface area contributed by atoms with Crippen LogP contribution in [0.25, 0.3) is 11.1 Å². The van der Waals surface area contributed by atoms with Crippen LogP contribution in [0.5, 0.6) is 0 Å². The summed E-state index contributed by atoms with van der Waals surface area (Å²) in [5, 5.41) is 0. The summed E-state index contributed by atoms with van der Waals surface area (Å²) in [5.74, 6) is 0.445. The van der Waals surface area contributed by atoms with Crippen LogP contribution in [0.15, 0.2) is 27.4 Å². The Morgan fingerprint density at radius 3 is 2.50 bits per heavy atom. The van der Waals surface area contributed by atoms with E-state index in [1.807, 2.05) is 25.1 Å². The van der Waals surface area contributed by atoms with Crippen molar-refractivity contribution in [3.8, 4) is 0 Å². The molecule has 5 heteroatoms. The second-order valence-electron chi connectivity index (χ2n) is 6.72. The van der Waals surface area contributed by atoms with Gasteiger partial charge < -0.3 is 9.32 Å². The highest BCUT2D eigenvalue weighted by Gasteiger charge is 2.19. The van der Waals surface area contributed by atoms with Gasteiger partial charge in [0.2, 0.25) is 0 Å². The van der Waals surface area contributed by atoms with Crippen LogP contribution in [0, 0.1) is 12.8 Å². The molecule has 0 saturated carbocycles. The van der Waals surface area contributed by atoms with E-state index in [0.29, 0.717) is 18.2 Å². The van der Waals surface area contributed by atoms with E-state index >= 15 is 0 Å². The predicted octanol–water partition coefficient (Wildman–Crippen LogP) is 2.13. The molecule has 22 heavy (non-hydrogen) atoms. The van der Waals surface area contributed by atoms with Gasteiger partial charge in [0, 0.05) is 32.7 Å². The molecule has 0 unspecified atom stereocenters. The van der Waals surface area contributed by atoms with E-state index in [1.54, 1.807) is 4.57 Å². The lowest BCUT2D eigenvalue weighted by Crippen LogP contribution is -2.48. The monoisotopic (exact) mass is 303 g/mol. The zero-order valence-electron chi connectivity index (χ0n) is 13.7. The molecule has 1 aliphatic heterocycles. The summed E-state index contributed by atoms with van der Waals surface area (Å²) in [5.41, 5.74) is 2.72. The smallest absolute Gasteiger partial charge is 0.408 e. The Kier molecular flexibility index (Phi) is 4.36. The first-order chi connectivity index (χ1) is 10.5. The quantitative estimate of drug-likeness (QED) is 0.868. The van der Waals surface area contributed by atoms with Crippen molar-refractivity contribution in [2.24, 2.45) is 5.92 Å². The summed E-state index contributed by atoms with van der Waals surface area (Å²) in [6.45, 7) is 12.5. The zero-order chi connectivity index (χ0) is 15.7. The van der Waals surface area contributed by atoms with Crippen molar-refractivity contribution in [1.82, 2.24) is 14.4 Å². The summed E-state index contributed by atoms with van der Waals surface area (Å²) in [7, 11) is 0. The van der Waals surface area contributed by atoms with Crippen LogP contribution in [0.3, 0.4) is 0 Å². The van der Waals surface area contributed by atoms with Gasteiger partial charge in [-0.05, 0) is 30.5 Å². The molecule has 2 heterocycles. The van der Waals surface area contributed by atoms with Gasteiger partial charge in [-0.15, -0.1) is 0 Å². The third kappa shape index (κ3) is 3.25. The number of hydrogen-bond donors (Lipinski definition) is 0.